The van der Waals surface area contributed by atoms with E-state index in [0.717, 1.165) is 0 Å². The average Bonchev–Trinajstić information content (AvgIpc) is 2.13. The van der Waals surface area contributed by atoms with E-state index in [0.29, 0.717) is 9.50 Å². The van der Waals surface area contributed by atoms with Crippen LogP contribution in [0.1, 0.15) is 10.4 Å². The number of nitrogens with one attached hydrogen (secondary N) is 1. The molecule has 1 rings (SSSR count). The summed E-state index contributed by atoms with van der Waals surface area (Å²) >= 11 is 8.82. The van der Waals surface area contributed by atoms with Crippen LogP contribution in [0.5, 0.6) is 0 Å². The molecule has 1 N–H and O–H groups in total. The van der Waals surface area contributed by atoms with Gasteiger partial charge in [0.15, 0.2) is 5.78 Å². The van der Waals surface area contributed by atoms with Crippen LogP contribution in [0.15, 0.2) is 16.6 Å². The van der Waals surface area contributed by atoms with Crippen molar-refractivity contribution in [3.8, 4) is 0 Å². The van der Waals surface area contributed by atoms with E-state index in [-0.39, 0.29) is 17.9 Å². The first-order valence-electron chi connectivity index (χ1n) is 3.89. The van der Waals surface area contributed by atoms with Gasteiger partial charge in [-0.1, -0.05) is 11.6 Å². The van der Waals surface area contributed by atoms with Gasteiger partial charge < -0.3 is 5.32 Å². The molecule has 0 unspecified atom stereocenters. The Morgan fingerprint density at radius 2 is 2.29 bits per heavy atom. The summed E-state index contributed by atoms with van der Waals surface area (Å²) in [6.07, 6.45) is 0. The van der Waals surface area contributed by atoms with Crippen LogP contribution in [0.25, 0.3) is 0 Å². The van der Waals surface area contributed by atoms with Crippen molar-refractivity contribution >= 4 is 33.3 Å². The number of Topliss-reactive ketones (excluding diaryl/α,β-unsaturated/α-hetero) is 1. The summed E-state index contributed by atoms with van der Waals surface area (Å²) in [7, 11) is 1.62. The molecule has 14 heavy (non-hydrogen) atoms. The molecular weight excluding hydrogens is 272 g/mol. The molecule has 0 heterocycles. The summed E-state index contributed by atoms with van der Waals surface area (Å²) in [4.78, 5) is 11.4. The largest absolute Gasteiger partial charge is 0.313 e. The Labute approximate surface area is 94.6 Å². The van der Waals surface area contributed by atoms with Gasteiger partial charge in [0, 0.05) is 4.47 Å². The van der Waals surface area contributed by atoms with Crippen molar-refractivity contribution < 1.29 is 9.18 Å². The van der Waals surface area contributed by atoms with E-state index in [1.807, 2.05) is 0 Å². The van der Waals surface area contributed by atoms with E-state index in [9.17, 15) is 9.18 Å². The molecule has 2 nitrogen and oxygen atoms in total. The van der Waals surface area contributed by atoms with Crippen LogP contribution >= 0.6 is 27.5 Å². The van der Waals surface area contributed by atoms with Gasteiger partial charge in [0.05, 0.1) is 17.1 Å². The van der Waals surface area contributed by atoms with Crippen LogP contribution < -0.4 is 5.32 Å². The maximum Gasteiger partial charge on any atom is 0.180 e. The molecule has 0 aliphatic rings. The molecule has 1 aromatic rings. The molecule has 0 atom stereocenters. The Hall–Kier alpha value is -0.450. The van der Waals surface area contributed by atoms with Crippen molar-refractivity contribution in [2.24, 2.45) is 0 Å². The van der Waals surface area contributed by atoms with Crippen LogP contribution in [0.4, 0.5) is 4.39 Å². The quantitative estimate of drug-likeness (QED) is 0.681. The molecule has 76 valence electrons. The second-order valence-corrected chi connectivity index (χ2v) is 3.87. The highest BCUT2D eigenvalue weighted by Gasteiger charge is 2.16. The monoisotopic (exact) mass is 279 g/mol. The SMILES string of the molecule is CNCC(=O)c1c(F)ccc(Cl)c1Br. The highest BCUT2D eigenvalue weighted by molar-refractivity contribution is 9.10. The van der Waals surface area contributed by atoms with E-state index < -0.39 is 5.82 Å². The molecule has 0 aliphatic carbocycles. The maximum atomic E-state index is 13.3. The normalized spacial score (nSPS) is 10.3. The first-order chi connectivity index (χ1) is 6.57. The minimum Gasteiger partial charge on any atom is -0.313 e. The lowest BCUT2D eigenvalue weighted by molar-refractivity contribution is 0.0989. The number of carbonyl (C=O) groups is 1. The van der Waals surface area contributed by atoms with Crippen LogP contribution in [0, 0.1) is 5.82 Å². The third-order valence-corrected chi connectivity index (χ3v) is 3.03. The Morgan fingerprint density at radius 3 is 2.86 bits per heavy atom. The molecule has 0 amide bonds. The van der Waals surface area contributed by atoms with Crippen molar-refractivity contribution in [3.63, 3.8) is 0 Å². The lowest BCUT2D eigenvalue weighted by Gasteiger charge is -2.05. The highest BCUT2D eigenvalue weighted by Crippen LogP contribution is 2.28. The van der Waals surface area contributed by atoms with Gasteiger partial charge in [-0.15, -0.1) is 0 Å². The fourth-order valence-electron chi connectivity index (χ4n) is 1.03. The molecule has 0 aromatic heterocycles. The van der Waals surface area contributed by atoms with Crippen LogP contribution in [0.3, 0.4) is 0 Å². The summed E-state index contributed by atoms with van der Waals surface area (Å²) < 4.78 is 13.6. The molecule has 1 aromatic carbocycles. The number of benzene rings is 1. The Balaban J connectivity index is 3.18. The lowest BCUT2D eigenvalue weighted by Crippen LogP contribution is -2.20. The minimum absolute atomic E-state index is 0.00755. The first-order valence-corrected chi connectivity index (χ1v) is 5.06. The smallest absolute Gasteiger partial charge is 0.180 e. The van der Waals surface area contributed by atoms with Gasteiger partial charge in [0.25, 0.3) is 0 Å². The molecule has 0 bridgehead atoms. The molecule has 0 aliphatic heterocycles. The van der Waals surface area contributed by atoms with Gasteiger partial charge >= 0.3 is 0 Å². The second-order valence-electron chi connectivity index (χ2n) is 2.67. The third-order valence-electron chi connectivity index (χ3n) is 1.66. The molecule has 0 fully saturated rings. The number of likely N-dealkylation sites (N-methyl/N-ethyl adjacent to an activating group) is 1. The highest BCUT2D eigenvalue weighted by atomic mass is 79.9. The summed E-state index contributed by atoms with van der Waals surface area (Å²) in [6, 6.07) is 2.58. The minimum atomic E-state index is -0.568. The fraction of sp³-hybridized carbons (Fsp3) is 0.222. The van der Waals surface area contributed by atoms with Gasteiger partial charge in [-0.05, 0) is 35.1 Å². The fourth-order valence-corrected chi connectivity index (χ4v) is 1.73. The first kappa shape index (κ1) is 11.6. The third kappa shape index (κ3) is 2.32. The summed E-state index contributed by atoms with van der Waals surface area (Å²) in [6.45, 7) is 0.0792. The lowest BCUT2D eigenvalue weighted by atomic mass is 10.1. The van der Waals surface area contributed by atoms with Crippen LogP contribution in [-0.4, -0.2) is 19.4 Å². The van der Waals surface area contributed by atoms with Crippen LogP contribution in [-0.2, 0) is 0 Å². The molecule has 5 heteroatoms. The standard InChI is InChI=1S/C9H8BrClFNO/c1-13-4-7(14)8-6(12)3-2-5(11)9(8)10/h2-3,13H,4H2,1H3. The van der Waals surface area contributed by atoms with Crippen molar-refractivity contribution in [2.75, 3.05) is 13.6 Å². The van der Waals surface area contributed by atoms with Crippen molar-refractivity contribution in [1.29, 1.82) is 0 Å². The van der Waals surface area contributed by atoms with Gasteiger partial charge in [-0.2, -0.15) is 0 Å². The molecule has 0 spiro atoms. The number of hydrogen-bond donors (Lipinski definition) is 1. The van der Waals surface area contributed by atoms with Gasteiger partial charge in [-0.3, -0.25) is 4.79 Å². The summed E-state index contributed by atoms with van der Waals surface area (Å²) in [5.41, 5.74) is -0.00755. The van der Waals surface area contributed by atoms with Crippen molar-refractivity contribution in [2.45, 2.75) is 0 Å². The number of hydrogen-bond acceptors (Lipinski definition) is 2. The van der Waals surface area contributed by atoms with Gasteiger partial charge in [-0.25, -0.2) is 4.39 Å². The zero-order valence-corrected chi connectivity index (χ0v) is 9.75. The van der Waals surface area contributed by atoms with E-state index in [1.54, 1.807) is 7.05 Å². The van der Waals surface area contributed by atoms with Gasteiger partial charge in [0.1, 0.15) is 5.82 Å². The average molecular weight is 281 g/mol. The van der Waals surface area contributed by atoms with Gasteiger partial charge in [0.2, 0.25) is 0 Å². The Bertz CT molecular complexity index is 370. The summed E-state index contributed by atoms with van der Waals surface area (Å²) in [5.74, 6) is -0.902. The number of halogens is 3. The van der Waals surface area contributed by atoms with Crippen LogP contribution in [0.2, 0.25) is 5.02 Å². The van der Waals surface area contributed by atoms with E-state index in [4.69, 9.17) is 11.6 Å². The number of rotatable bonds is 3. The predicted molar refractivity (Wildman–Crippen MR) is 57.4 cm³/mol. The number of ketones is 1. The predicted octanol–water partition coefficient (Wildman–Crippen LogP) is 2.64. The second kappa shape index (κ2) is 4.87. The molecule has 0 saturated heterocycles. The Kier molecular flexibility index (Phi) is 4.04. The topological polar surface area (TPSA) is 29.1 Å². The van der Waals surface area contributed by atoms with E-state index in [1.165, 1.54) is 12.1 Å². The molecule has 0 saturated carbocycles. The van der Waals surface area contributed by atoms with E-state index in [2.05, 4.69) is 21.2 Å². The summed E-state index contributed by atoms with van der Waals surface area (Å²) in [5, 5.41) is 2.98. The van der Waals surface area contributed by atoms with E-state index >= 15 is 0 Å². The zero-order valence-electron chi connectivity index (χ0n) is 7.40. The maximum absolute atomic E-state index is 13.3. The zero-order chi connectivity index (χ0) is 10.7. The number of carbonyl (C=O) groups excluding carboxylic acids is 1. The molecular formula is C9H8BrClFNO. The molecule has 0 radical (unpaired) electrons. The van der Waals surface area contributed by atoms with Crippen molar-refractivity contribution in [1.82, 2.24) is 5.32 Å². The van der Waals surface area contributed by atoms with Crippen molar-refractivity contribution in [3.05, 3.63) is 33.0 Å². The Morgan fingerprint density at radius 1 is 1.64 bits per heavy atom.